The molecule has 2 heterocycles. The lowest BCUT2D eigenvalue weighted by molar-refractivity contribution is -0.120. The molecule has 0 bridgehead atoms. The average Bonchev–Trinajstić information content (AvgIpc) is 3.38. The standard InChI is InChI=1S/C23H19N5O2S/c1-14-19(20(17(12-24)21(25)29)16-10-6-3-7-11-16)22(30)28(27-14)23-26-13-18(31-23)15-8-4-2-5-9-15/h2-11,13,17,20,27H,1H3,(H2,25,29)/t17-,20+/m0/s1. The van der Waals surface area contributed by atoms with Gasteiger partial charge in [-0.05, 0) is 18.1 Å². The Labute approximate surface area is 182 Å². The fourth-order valence-corrected chi connectivity index (χ4v) is 4.53. The maximum atomic E-state index is 13.4. The van der Waals surface area contributed by atoms with Gasteiger partial charge in [-0.25, -0.2) is 4.98 Å². The maximum Gasteiger partial charge on any atom is 0.277 e. The molecule has 0 radical (unpaired) electrons. The van der Waals surface area contributed by atoms with Crippen molar-refractivity contribution in [2.75, 3.05) is 0 Å². The second-order valence-corrected chi connectivity index (χ2v) is 8.07. The predicted molar refractivity (Wildman–Crippen MR) is 119 cm³/mol. The molecule has 2 atom stereocenters. The number of aromatic nitrogens is 3. The first kappa shape index (κ1) is 20.3. The summed E-state index contributed by atoms with van der Waals surface area (Å²) in [5.74, 6) is -2.75. The van der Waals surface area contributed by atoms with Crippen LogP contribution < -0.4 is 11.3 Å². The first-order chi connectivity index (χ1) is 15.0. The van der Waals surface area contributed by atoms with E-state index in [9.17, 15) is 14.9 Å². The van der Waals surface area contributed by atoms with Gasteiger partial charge >= 0.3 is 0 Å². The number of primary amides is 1. The number of rotatable bonds is 6. The minimum absolute atomic E-state index is 0.327. The van der Waals surface area contributed by atoms with E-state index in [0.29, 0.717) is 22.0 Å². The molecule has 4 aromatic rings. The summed E-state index contributed by atoms with van der Waals surface area (Å²) in [4.78, 5) is 30.8. The average molecular weight is 430 g/mol. The van der Waals surface area contributed by atoms with E-state index in [-0.39, 0.29) is 5.56 Å². The minimum atomic E-state index is -1.19. The van der Waals surface area contributed by atoms with Crippen LogP contribution in [0.4, 0.5) is 0 Å². The zero-order valence-electron chi connectivity index (χ0n) is 16.6. The number of nitrogens with zero attached hydrogens (tertiary/aromatic N) is 3. The molecular formula is C23H19N5O2S. The van der Waals surface area contributed by atoms with Crippen LogP contribution in [0.3, 0.4) is 0 Å². The smallest absolute Gasteiger partial charge is 0.277 e. The first-order valence-corrected chi connectivity index (χ1v) is 10.4. The number of thiazole rings is 1. The van der Waals surface area contributed by atoms with Crippen LogP contribution in [0.1, 0.15) is 22.7 Å². The van der Waals surface area contributed by atoms with Crippen LogP contribution in [0, 0.1) is 24.2 Å². The predicted octanol–water partition coefficient (Wildman–Crippen LogP) is 3.35. The van der Waals surface area contributed by atoms with Crippen molar-refractivity contribution in [1.82, 2.24) is 14.8 Å². The van der Waals surface area contributed by atoms with Gasteiger partial charge in [0.25, 0.3) is 5.56 Å². The van der Waals surface area contributed by atoms with E-state index in [1.807, 2.05) is 42.5 Å². The SMILES string of the molecule is Cc1[nH]n(-c2ncc(-c3ccccc3)s2)c(=O)c1[C@H](c1ccccc1)[C@H](C#N)C(N)=O. The largest absolute Gasteiger partial charge is 0.369 e. The molecule has 0 aliphatic carbocycles. The van der Waals surface area contributed by atoms with Crippen molar-refractivity contribution in [1.29, 1.82) is 5.26 Å². The molecule has 31 heavy (non-hydrogen) atoms. The highest BCUT2D eigenvalue weighted by molar-refractivity contribution is 7.17. The molecule has 0 fully saturated rings. The Kier molecular flexibility index (Phi) is 5.52. The highest BCUT2D eigenvalue weighted by Crippen LogP contribution is 2.33. The van der Waals surface area contributed by atoms with Gasteiger partial charge < -0.3 is 5.73 Å². The third-order valence-electron chi connectivity index (χ3n) is 5.11. The van der Waals surface area contributed by atoms with Gasteiger partial charge in [0.05, 0.1) is 10.9 Å². The number of nitriles is 1. The second-order valence-electron chi connectivity index (χ2n) is 7.06. The van der Waals surface area contributed by atoms with E-state index >= 15 is 0 Å². The number of aromatic amines is 1. The van der Waals surface area contributed by atoms with Crippen molar-refractivity contribution < 1.29 is 4.79 Å². The molecule has 154 valence electrons. The summed E-state index contributed by atoms with van der Waals surface area (Å²) in [6, 6.07) is 20.7. The fourth-order valence-electron chi connectivity index (χ4n) is 3.65. The highest BCUT2D eigenvalue weighted by Gasteiger charge is 2.34. The molecule has 4 rings (SSSR count). The lowest BCUT2D eigenvalue weighted by Gasteiger charge is -2.19. The molecule has 0 saturated carbocycles. The molecule has 1 amide bonds. The molecule has 0 saturated heterocycles. The van der Waals surface area contributed by atoms with Crippen LogP contribution in [0.25, 0.3) is 15.6 Å². The monoisotopic (exact) mass is 429 g/mol. The number of nitrogens with two attached hydrogens (primary N) is 1. The number of carbonyl (C=O) groups excluding carboxylic acids is 1. The van der Waals surface area contributed by atoms with Gasteiger partial charge in [-0.2, -0.15) is 9.94 Å². The highest BCUT2D eigenvalue weighted by atomic mass is 32.1. The van der Waals surface area contributed by atoms with Crippen LogP contribution in [0.15, 0.2) is 71.7 Å². The Morgan fingerprint density at radius 3 is 2.42 bits per heavy atom. The van der Waals surface area contributed by atoms with Crippen molar-refractivity contribution in [3.05, 3.63) is 94.0 Å². The van der Waals surface area contributed by atoms with E-state index in [1.165, 1.54) is 16.0 Å². The van der Waals surface area contributed by atoms with Gasteiger partial charge in [0.1, 0.15) is 5.92 Å². The topological polar surface area (TPSA) is 118 Å². The van der Waals surface area contributed by atoms with Crippen molar-refractivity contribution in [3.63, 3.8) is 0 Å². The molecule has 0 aliphatic rings. The van der Waals surface area contributed by atoms with Crippen LogP contribution in [-0.4, -0.2) is 20.7 Å². The molecule has 0 spiro atoms. The third-order valence-corrected chi connectivity index (χ3v) is 6.14. The number of benzene rings is 2. The summed E-state index contributed by atoms with van der Waals surface area (Å²) in [7, 11) is 0. The summed E-state index contributed by atoms with van der Waals surface area (Å²) in [5, 5.41) is 13.2. The number of hydrogen-bond donors (Lipinski definition) is 2. The van der Waals surface area contributed by atoms with Crippen molar-refractivity contribution in [2.45, 2.75) is 12.8 Å². The third kappa shape index (κ3) is 3.79. The number of hydrogen-bond acceptors (Lipinski definition) is 5. The Morgan fingerprint density at radius 1 is 1.16 bits per heavy atom. The summed E-state index contributed by atoms with van der Waals surface area (Å²) in [5.41, 5.74) is 7.71. The van der Waals surface area contributed by atoms with Crippen LogP contribution in [0.2, 0.25) is 0 Å². The van der Waals surface area contributed by atoms with Gasteiger partial charge in [-0.1, -0.05) is 72.0 Å². The second kappa shape index (κ2) is 8.42. The molecule has 2 aromatic carbocycles. The number of aryl methyl sites for hydroxylation is 1. The van der Waals surface area contributed by atoms with E-state index in [2.05, 4.69) is 10.1 Å². The van der Waals surface area contributed by atoms with Gasteiger partial charge in [0.15, 0.2) is 0 Å². The van der Waals surface area contributed by atoms with E-state index < -0.39 is 17.7 Å². The fraction of sp³-hybridized carbons (Fsp3) is 0.130. The normalized spacial score (nSPS) is 12.8. The Bertz CT molecular complexity index is 1320. The summed E-state index contributed by atoms with van der Waals surface area (Å²) < 4.78 is 1.35. The molecule has 0 aliphatic heterocycles. The Hall–Kier alpha value is -3.96. The number of amides is 1. The molecule has 2 aromatic heterocycles. The number of nitrogens with one attached hydrogen (secondary N) is 1. The summed E-state index contributed by atoms with van der Waals surface area (Å²) in [6.45, 7) is 1.74. The summed E-state index contributed by atoms with van der Waals surface area (Å²) >= 11 is 1.37. The molecular weight excluding hydrogens is 410 g/mol. The van der Waals surface area contributed by atoms with E-state index in [1.54, 1.807) is 37.4 Å². The lowest BCUT2D eigenvalue weighted by Crippen LogP contribution is -2.31. The maximum absolute atomic E-state index is 13.4. The molecule has 3 N–H and O–H groups in total. The number of H-pyrrole nitrogens is 1. The van der Waals surface area contributed by atoms with Gasteiger partial charge in [0.2, 0.25) is 11.0 Å². The Morgan fingerprint density at radius 2 is 1.81 bits per heavy atom. The van der Waals surface area contributed by atoms with Crippen molar-refractivity contribution >= 4 is 17.2 Å². The molecule has 8 heteroatoms. The molecule has 7 nitrogen and oxygen atoms in total. The van der Waals surface area contributed by atoms with E-state index in [4.69, 9.17) is 5.73 Å². The molecule has 0 unspecified atom stereocenters. The Balaban J connectivity index is 1.83. The van der Waals surface area contributed by atoms with Crippen LogP contribution >= 0.6 is 11.3 Å². The summed E-state index contributed by atoms with van der Waals surface area (Å²) in [6.07, 6.45) is 1.72. The first-order valence-electron chi connectivity index (χ1n) is 9.58. The van der Waals surface area contributed by atoms with Gasteiger partial charge in [-0.15, -0.1) is 0 Å². The number of carbonyl (C=O) groups is 1. The van der Waals surface area contributed by atoms with Crippen LogP contribution in [-0.2, 0) is 4.79 Å². The van der Waals surface area contributed by atoms with Gasteiger partial charge in [0, 0.05) is 23.4 Å². The van der Waals surface area contributed by atoms with Crippen molar-refractivity contribution in [2.24, 2.45) is 11.7 Å². The van der Waals surface area contributed by atoms with Crippen LogP contribution in [0.5, 0.6) is 0 Å². The van der Waals surface area contributed by atoms with Crippen molar-refractivity contribution in [3.8, 4) is 21.6 Å². The quantitative estimate of drug-likeness (QED) is 0.489. The van der Waals surface area contributed by atoms with Gasteiger partial charge in [-0.3, -0.25) is 14.7 Å². The minimum Gasteiger partial charge on any atom is -0.369 e. The zero-order chi connectivity index (χ0) is 22.0. The lowest BCUT2D eigenvalue weighted by atomic mass is 9.81. The van der Waals surface area contributed by atoms with E-state index in [0.717, 1.165) is 10.4 Å². The zero-order valence-corrected chi connectivity index (χ0v) is 17.5.